The van der Waals surface area contributed by atoms with E-state index in [0.29, 0.717) is 12.2 Å². The van der Waals surface area contributed by atoms with Crippen molar-refractivity contribution in [1.29, 1.82) is 0 Å². The summed E-state index contributed by atoms with van der Waals surface area (Å²) in [6.07, 6.45) is 2.37. The second-order valence-electron chi connectivity index (χ2n) is 1.72. The van der Waals surface area contributed by atoms with E-state index in [1.807, 2.05) is 0 Å². The topological polar surface area (TPSA) is 74.6 Å². The van der Waals surface area contributed by atoms with Crippen LogP contribution in [0.15, 0.2) is 12.2 Å². The maximum Gasteiger partial charge on any atom is 0.328 e. The standard InChI is InChI=1S/C4H4O4.C3H8/c5-3(6)1-2-4(7)8;1-3-2/h1-2H,(H,5,6)(H,7,8);3H2,1-2H3/b2-1+;. The Hall–Kier alpha value is -1.32. The van der Waals surface area contributed by atoms with Gasteiger partial charge in [-0.2, -0.15) is 0 Å². The van der Waals surface area contributed by atoms with Crippen LogP contribution in [0.25, 0.3) is 0 Å². The number of carboxylic acids is 2. The lowest BCUT2D eigenvalue weighted by Gasteiger charge is -1.74. The van der Waals surface area contributed by atoms with Gasteiger partial charge in [-0.15, -0.1) is 0 Å². The van der Waals surface area contributed by atoms with Gasteiger partial charge in [-0.05, 0) is 0 Å². The fraction of sp³-hybridized carbons (Fsp3) is 0.429. The molecule has 0 unspecified atom stereocenters. The average Bonchev–Trinajstić information content (AvgIpc) is 1.85. The predicted octanol–water partition coefficient (Wildman–Crippen LogP) is 1.13. The smallest absolute Gasteiger partial charge is 0.328 e. The van der Waals surface area contributed by atoms with Gasteiger partial charge in [0.25, 0.3) is 0 Å². The largest absolute Gasteiger partial charge is 0.478 e. The average molecular weight is 160 g/mol. The molecule has 0 atom stereocenters. The van der Waals surface area contributed by atoms with Crippen molar-refractivity contribution in [3.05, 3.63) is 12.2 Å². The van der Waals surface area contributed by atoms with Crippen LogP contribution in [0.2, 0.25) is 0 Å². The molecule has 0 aromatic heterocycles. The highest BCUT2D eigenvalue weighted by molar-refractivity contribution is 5.89. The SMILES string of the molecule is CCC.O=C(O)/C=C/C(=O)O. The number of hydrogen-bond donors (Lipinski definition) is 2. The third-order valence-corrected chi connectivity index (χ3v) is 0.368. The lowest BCUT2D eigenvalue weighted by molar-refractivity contribution is -0.134. The van der Waals surface area contributed by atoms with Gasteiger partial charge in [0.1, 0.15) is 0 Å². The monoisotopic (exact) mass is 160 g/mol. The van der Waals surface area contributed by atoms with E-state index in [9.17, 15) is 9.59 Å². The summed E-state index contributed by atoms with van der Waals surface area (Å²) in [5.41, 5.74) is 0. The molecule has 0 bridgehead atoms. The molecule has 0 saturated carbocycles. The molecule has 2 N–H and O–H groups in total. The summed E-state index contributed by atoms with van der Waals surface area (Å²) in [6.45, 7) is 4.25. The van der Waals surface area contributed by atoms with Crippen molar-refractivity contribution in [2.45, 2.75) is 20.3 Å². The van der Waals surface area contributed by atoms with Gasteiger partial charge in [-0.25, -0.2) is 9.59 Å². The van der Waals surface area contributed by atoms with Crippen LogP contribution in [-0.4, -0.2) is 22.2 Å². The Balaban J connectivity index is 0. The zero-order valence-corrected chi connectivity index (χ0v) is 6.57. The van der Waals surface area contributed by atoms with Crippen molar-refractivity contribution in [3.63, 3.8) is 0 Å². The minimum atomic E-state index is -1.26. The molecular formula is C7H12O4. The molecule has 0 aliphatic heterocycles. The van der Waals surface area contributed by atoms with Gasteiger partial charge in [-0.1, -0.05) is 20.3 Å². The molecule has 0 aromatic rings. The Morgan fingerprint density at radius 3 is 1.36 bits per heavy atom. The van der Waals surface area contributed by atoms with E-state index in [1.54, 1.807) is 0 Å². The van der Waals surface area contributed by atoms with Crippen LogP contribution < -0.4 is 0 Å². The third-order valence-electron chi connectivity index (χ3n) is 0.368. The van der Waals surface area contributed by atoms with Crippen LogP contribution >= 0.6 is 0 Å². The van der Waals surface area contributed by atoms with Gasteiger partial charge in [0, 0.05) is 12.2 Å². The molecule has 0 aromatic carbocycles. The fourth-order valence-electron chi connectivity index (χ4n) is 0.143. The van der Waals surface area contributed by atoms with E-state index >= 15 is 0 Å². The predicted molar refractivity (Wildman–Crippen MR) is 40.4 cm³/mol. The molecular weight excluding hydrogens is 148 g/mol. The molecule has 0 aliphatic carbocycles. The Labute approximate surface area is 65.2 Å². The van der Waals surface area contributed by atoms with Crippen LogP contribution in [-0.2, 0) is 9.59 Å². The number of carbonyl (C=O) groups is 2. The zero-order chi connectivity index (χ0) is 9.28. The minimum Gasteiger partial charge on any atom is -0.478 e. The Kier molecular flexibility index (Phi) is 9.76. The summed E-state index contributed by atoms with van der Waals surface area (Å²) in [7, 11) is 0. The third kappa shape index (κ3) is 28.6. The highest BCUT2D eigenvalue weighted by atomic mass is 16.4. The normalized spacial score (nSPS) is 8.55. The van der Waals surface area contributed by atoms with Gasteiger partial charge in [0.05, 0.1) is 0 Å². The van der Waals surface area contributed by atoms with Gasteiger partial charge in [0.15, 0.2) is 0 Å². The summed E-state index contributed by atoms with van der Waals surface area (Å²) < 4.78 is 0. The molecule has 0 rings (SSSR count). The van der Waals surface area contributed by atoms with Gasteiger partial charge < -0.3 is 10.2 Å². The molecule has 0 radical (unpaired) electrons. The molecule has 0 amide bonds. The van der Waals surface area contributed by atoms with Crippen molar-refractivity contribution >= 4 is 11.9 Å². The fourth-order valence-corrected chi connectivity index (χ4v) is 0.143. The molecule has 0 fully saturated rings. The van der Waals surface area contributed by atoms with E-state index in [2.05, 4.69) is 13.8 Å². The number of carboxylic acid groups (broad SMARTS) is 2. The first kappa shape index (κ1) is 12.4. The molecule has 64 valence electrons. The first-order valence-electron chi connectivity index (χ1n) is 3.18. The summed E-state index contributed by atoms with van der Waals surface area (Å²) in [5, 5.41) is 15.6. The van der Waals surface area contributed by atoms with Crippen LogP contribution in [0.3, 0.4) is 0 Å². The van der Waals surface area contributed by atoms with E-state index < -0.39 is 11.9 Å². The molecule has 0 heterocycles. The Morgan fingerprint density at radius 1 is 1.09 bits per heavy atom. The van der Waals surface area contributed by atoms with Crippen molar-refractivity contribution in [2.75, 3.05) is 0 Å². The number of rotatable bonds is 2. The molecule has 0 aliphatic rings. The van der Waals surface area contributed by atoms with Gasteiger partial charge >= 0.3 is 11.9 Å². The summed E-state index contributed by atoms with van der Waals surface area (Å²) in [6, 6.07) is 0. The summed E-state index contributed by atoms with van der Waals surface area (Å²) >= 11 is 0. The zero-order valence-electron chi connectivity index (χ0n) is 6.57. The number of hydrogen-bond acceptors (Lipinski definition) is 2. The van der Waals surface area contributed by atoms with Gasteiger partial charge in [0.2, 0.25) is 0 Å². The van der Waals surface area contributed by atoms with Crippen molar-refractivity contribution in [2.24, 2.45) is 0 Å². The van der Waals surface area contributed by atoms with E-state index in [4.69, 9.17) is 10.2 Å². The molecule has 0 saturated heterocycles. The first-order valence-corrected chi connectivity index (χ1v) is 3.18. The van der Waals surface area contributed by atoms with Crippen molar-refractivity contribution < 1.29 is 19.8 Å². The molecule has 4 nitrogen and oxygen atoms in total. The lowest BCUT2D eigenvalue weighted by atomic mass is 10.5. The second kappa shape index (κ2) is 8.68. The Morgan fingerprint density at radius 2 is 1.27 bits per heavy atom. The molecule has 11 heavy (non-hydrogen) atoms. The van der Waals surface area contributed by atoms with Crippen molar-refractivity contribution in [1.82, 2.24) is 0 Å². The quantitative estimate of drug-likeness (QED) is 0.594. The van der Waals surface area contributed by atoms with E-state index in [1.165, 1.54) is 6.42 Å². The van der Waals surface area contributed by atoms with Crippen LogP contribution in [0.1, 0.15) is 20.3 Å². The van der Waals surface area contributed by atoms with Gasteiger partial charge in [-0.3, -0.25) is 0 Å². The number of aliphatic carboxylic acids is 2. The van der Waals surface area contributed by atoms with E-state index in [-0.39, 0.29) is 0 Å². The molecule has 0 spiro atoms. The molecule has 4 heteroatoms. The van der Waals surface area contributed by atoms with E-state index in [0.717, 1.165) is 0 Å². The van der Waals surface area contributed by atoms with Crippen LogP contribution in [0.4, 0.5) is 0 Å². The highest BCUT2D eigenvalue weighted by Crippen LogP contribution is 1.70. The maximum absolute atomic E-state index is 9.55. The van der Waals surface area contributed by atoms with Crippen LogP contribution in [0, 0.1) is 0 Å². The Bertz CT molecular complexity index is 133. The minimum absolute atomic E-state index is 0.558. The first-order chi connectivity index (χ1) is 5.04. The summed E-state index contributed by atoms with van der Waals surface area (Å²) in [5.74, 6) is -2.51. The van der Waals surface area contributed by atoms with Crippen molar-refractivity contribution in [3.8, 4) is 0 Å². The highest BCUT2D eigenvalue weighted by Gasteiger charge is 1.88. The summed E-state index contributed by atoms with van der Waals surface area (Å²) in [4.78, 5) is 19.1. The van der Waals surface area contributed by atoms with Crippen LogP contribution in [0.5, 0.6) is 0 Å². The lowest BCUT2D eigenvalue weighted by Crippen LogP contribution is -1.91. The second-order valence-corrected chi connectivity index (χ2v) is 1.72. The maximum atomic E-state index is 9.55.